The van der Waals surface area contributed by atoms with Gasteiger partial charge in [-0.3, -0.25) is 4.79 Å². The molecule has 122 valence electrons. The second-order valence-corrected chi connectivity index (χ2v) is 6.28. The van der Waals surface area contributed by atoms with E-state index in [1.54, 1.807) is 0 Å². The molecule has 1 amide bonds. The summed E-state index contributed by atoms with van der Waals surface area (Å²) in [5, 5.41) is 2.42. The molecule has 0 bridgehead atoms. The van der Waals surface area contributed by atoms with Gasteiger partial charge in [0.25, 0.3) is 5.91 Å². The van der Waals surface area contributed by atoms with Gasteiger partial charge in [0.1, 0.15) is 0 Å². The number of rotatable bonds is 3. The van der Waals surface area contributed by atoms with Crippen LogP contribution in [-0.2, 0) is 15.7 Å². The van der Waals surface area contributed by atoms with E-state index in [1.165, 1.54) is 18.2 Å². The summed E-state index contributed by atoms with van der Waals surface area (Å²) in [6.45, 7) is 0. The Labute approximate surface area is 140 Å². The van der Waals surface area contributed by atoms with E-state index in [-0.39, 0.29) is 12.2 Å². The minimum atomic E-state index is -4.43. The number of halogens is 5. The Bertz CT molecular complexity index is 675. The van der Waals surface area contributed by atoms with Crippen LogP contribution in [0, 0.1) is 12.3 Å². The van der Waals surface area contributed by atoms with E-state index in [1.807, 2.05) is 0 Å². The van der Waals surface area contributed by atoms with Gasteiger partial charge in [-0.05, 0) is 23.8 Å². The van der Waals surface area contributed by atoms with Crippen LogP contribution in [0.25, 0.3) is 6.08 Å². The van der Waals surface area contributed by atoms with Gasteiger partial charge in [-0.15, -0.1) is 12.3 Å². The lowest BCUT2D eigenvalue weighted by atomic mass is 10.1. The van der Waals surface area contributed by atoms with Crippen molar-refractivity contribution in [3.8, 4) is 12.3 Å². The van der Waals surface area contributed by atoms with Crippen molar-refractivity contribution in [1.29, 1.82) is 0 Å². The first-order valence-corrected chi connectivity index (χ1v) is 7.07. The molecular formula is C15H10Cl2F3NO2. The molecule has 0 spiro atoms. The fourth-order valence-electron chi connectivity index (χ4n) is 1.84. The van der Waals surface area contributed by atoms with Gasteiger partial charge in [0.15, 0.2) is 10.1 Å². The minimum Gasteiger partial charge on any atom is -0.462 e. The zero-order valence-corrected chi connectivity index (χ0v) is 13.0. The molecule has 2 rings (SSSR count). The van der Waals surface area contributed by atoms with Crippen LogP contribution in [0.2, 0.25) is 0 Å². The van der Waals surface area contributed by atoms with E-state index < -0.39 is 28.2 Å². The van der Waals surface area contributed by atoms with E-state index in [0.717, 1.165) is 12.1 Å². The van der Waals surface area contributed by atoms with Gasteiger partial charge < -0.3 is 10.1 Å². The number of ether oxygens (including phenoxy) is 1. The molecule has 0 radical (unpaired) electrons. The quantitative estimate of drug-likeness (QED) is 0.505. The molecule has 8 heteroatoms. The summed E-state index contributed by atoms with van der Waals surface area (Å²) in [4.78, 5) is 11.8. The topological polar surface area (TPSA) is 38.3 Å². The van der Waals surface area contributed by atoms with Crippen molar-refractivity contribution in [1.82, 2.24) is 5.32 Å². The largest absolute Gasteiger partial charge is 0.462 e. The Morgan fingerprint density at radius 1 is 1.30 bits per heavy atom. The lowest BCUT2D eigenvalue weighted by molar-refractivity contribution is -0.137. The van der Waals surface area contributed by atoms with Crippen LogP contribution in [0.3, 0.4) is 0 Å². The number of hydrogen-bond acceptors (Lipinski definition) is 2. The van der Waals surface area contributed by atoms with Crippen molar-refractivity contribution in [3.63, 3.8) is 0 Å². The average molecular weight is 364 g/mol. The van der Waals surface area contributed by atoms with Crippen molar-refractivity contribution in [2.45, 2.75) is 23.2 Å². The van der Waals surface area contributed by atoms with Crippen LogP contribution in [0.1, 0.15) is 17.5 Å². The number of terminal acetylenes is 1. The number of hydrogen-bond donors (Lipinski definition) is 1. The van der Waals surface area contributed by atoms with E-state index in [2.05, 4.69) is 11.2 Å². The third-order valence-electron chi connectivity index (χ3n) is 2.99. The standard InChI is InChI=1S/C15H10Cl2F3NO2/c1-2-7-14(16,17)13-21-12(22)11(23-13)8-9-3-5-10(6-4-9)15(18,19)20/h1,3-6,8,13H,7H2,(H,21,22)/b11-8-. The van der Waals surface area contributed by atoms with Crippen LogP contribution in [-0.4, -0.2) is 16.5 Å². The zero-order valence-electron chi connectivity index (χ0n) is 11.5. The van der Waals surface area contributed by atoms with E-state index in [0.29, 0.717) is 5.56 Å². The SMILES string of the molecule is C#CCC(Cl)(Cl)C1NC(=O)/C(=C/c2ccc(C(F)(F)F)cc2)O1. The van der Waals surface area contributed by atoms with E-state index in [9.17, 15) is 18.0 Å². The van der Waals surface area contributed by atoms with Crippen LogP contribution < -0.4 is 5.32 Å². The van der Waals surface area contributed by atoms with Crippen LogP contribution in [0.5, 0.6) is 0 Å². The molecule has 0 aliphatic carbocycles. The van der Waals surface area contributed by atoms with Crippen LogP contribution in [0.4, 0.5) is 13.2 Å². The summed E-state index contributed by atoms with van der Waals surface area (Å²) in [6.07, 6.45) is 0.884. The second kappa shape index (κ2) is 6.34. The molecule has 1 N–H and O–H groups in total. The van der Waals surface area contributed by atoms with Gasteiger partial charge in [-0.2, -0.15) is 13.2 Å². The number of alkyl halides is 5. The van der Waals surface area contributed by atoms with Crippen molar-refractivity contribution in [2.24, 2.45) is 0 Å². The molecule has 1 aromatic rings. The van der Waals surface area contributed by atoms with Crippen LogP contribution in [0.15, 0.2) is 30.0 Å². The minimum absolute atomic E-state index is 0.0609. The average Bonchev–Trinajstić information content (AvgIpc) is 2.81. The summed E-state index contributed by atoms with van der Waals surface area (Å²) in [6, 6.07) is 4.25. The lowest BCUT2D eigenvalue weighted by Crippen LogP contribution is -2.41. The third-order valence-corrected chi connectivity index (χ3v) is 3.65. The summed E-state index contributed by atoms with van der Waals surface area (Å²) in [7, 11) is 0. The Hall–Kier alpha value is -1.84. The number of benzene rings is 1. The van der Waals surface area contributed by atoms with Crippen molar-refractivity contribution < 1.29 is 22.7 Å². The maximum absolute atomic E-state index is 12.5. The molecule has 1 unspecified atom stereocenters. The van der Waals surface area contributed by atoms with Crippen molar-refractivity contribution in [3.05, 3.63) is 41.2 Å². The predicted molar refractivity (Wildman–Crippen MR) is 80.3 cm³/mol. The summed E-state index contributed by atoms with van der Waals surface area (Å²) < 4.78 is 41.3. The van der Waals surface area contributed by atoms with Gasteiger partial charge in [0, 0.05) is 6.42 Å². The first-order chi connectivity index (χ1) is 10.6. The molecule has 1 atom stereocenters. The molecule has 0 saturated carbocycles. The predicted octanol–water partition coefficient (Wildman–Crippen LogP) is 3.72. The molecule has 3 nitrogen and oxygen atoms in total. The van der Waals surface area contributed by atoms with Crippen LogP contribution >= 0.6 is 23.2 Å². The van der Waals surface area contributed by atoms with Gasteiger partial charge >= 0.3 is 6.18 Å². The Balaban J connectivity index is 2.18. The molecule has 1 aliphatic heterocycles. The Morgan fingerprint density at radius 2 is 1.91 bits per heavy atom. The highest BCUT2D eigenvalue weighted by atomic mass is 35.5. The van der Waals surface area contributed by atoms with E-state index >= 15 is 0 Å². The molecule has 1 saturated heterocycles. The molecule has 23 heavy (non-hydrogen) atoms. The Kier molecular flexibility index (Phi) is 4.83. The molecule has 1 heterocycles. The number of carbonyl (C=O) groups is 1. The second-order valence-electron chi connectivity index (χ2n) is 4.74. The third kappa shape index (κ3) is 4.12. The molecule has 1 fully saturated rings. The van der Waals surface area contributed by atoms with E-state index in [4.69, 9.17) is 34.4 Å². The normalized spacial score (nSPS) is 20.1. The van der Waals surface area contributed by atoms with Crippen molar-refractivity contribution in [2.75, 3.05) is 0 Å². The molecule has 1 aliphatic rings. The Morgan fingerprint density at radius 3 is 2.43 bits per heavy atom. The fraction of sp³-hybridized carbons (Fsp3) is 0.267. The van der Waals surface area contributed by atoms with Gasteiger partial charge in [-0.1, -0.05) is 35.3 Å². The van der Waals surface area contributed by atoms with Crippen molar-refractivity contribution >= 4 is 35.2 Å². The number of amides is 1. The zero-order chi connectivity index (χ0) is 17.3. The maximum atomic E-state index is 12.5. The summed E-state index contributed by atoms with van der Waals surface area (Å²) in [5.41, 5.74) is -0.431. The molecular weight excluding hydrogens is 354 g/mol. The molecule has 0 aromatic heterocycles. The smallest absolute Gasteiger partial charge is 0.416 e. The lowest BCUT2D eigenvalue weighted by Gasteiger charge is -2.22. The van der Waals surface area contributed by atoms with Gasteiger partial charge in [0.2, 0.25) is 6.23 Å². The fourth-order valence-corrected chi connectivity index (χ4v) is 2.19. The first-order valence-electron chi connectivity index (χ1n) is 6.31. The highest BCUT2D eigenvalue weighted by Gasteiger charge is 2.43. The van der Waals surface area contributed by atoms with Gasteiger partial charge in [0.05, 0.1) is 5.56 Å². The first kappa shape index (κ1) is 17.5. The monoisotopic (exact) mass is 363 g/mol. The molecule has 1 aromatic carbocycles. The highest BCUT2D eigenvalue weighted by molar-refractivity contribution is 6.49. The maximum Gasteiger partial charge on any atom is 0.416 e. The number of carbonyl (C=O) groups excluding carboxylic acids is 1. The number of nitrogens with one attached hydrogen (secondary N) is 1. The van der Waals surface area contributed by atoms with Gasteiger partial charge in [-0.25, -0.2) is 0 Å². The summed E-state index contributed by atoms with van der Waals surface area (Å²) in [5.74, 6) is 1.56. The summed E-state index contributed by atoms with van der Waals surface area (Å²) >= 11 is 12.0. The highest BCUT2D eigenvalue weighted by Crippen LogP contribution is 2.34.